The number of nitrogens with two attached hydrogens (primary N) is 2. The lowest BCUT2D eigenvalue weighted by Crippen LogP contribution is -2.33. The summed E-state index contributed by atoms with van der Waals surface area (Å²) in [5.74, 6) is -0.952. The van der Waals surface area contributed by atoms with Crippen molar-refractivity contribution in [2.24, 2.45) is 11.7 Å². The zero-order chi connectivity index (χ0) is 24.4. The van der Waals surface area contributed by atoms with Crippen LogP contribution in [0.15, 0.2) is 36.7 Å². The number of rotatable bonds is 6. The number of carbonyl (C=O) groups excluding carboxylic acids is 1. The molecule has 3 atom stereocenters. The third-order valence-corrected chi connectivity index (χ3v) is 6.61. The summed E-state index contributed by atoms with van der Waals surface area (Å²) in [6.07, 6.45) is 7.03. The number of aldehydes is 1. The van der Waals surface area contributed by atoms with Gasteiger partial charge in [0.15, 0.2) is 12.1 Å². The van der Waals surface area contributed by atoms with Gasteiger partial charge in [0, 0.05) is 30.9 Å². The predicted molar refractivity (Wildman–Crippen MR) is 130 cm³/mol. The third-order valence-electron chi connectivity index (χ3n) is 6.61. The van der Waals surface area contributed by atoms with E-state index in [1.165, 1.54) is 6.07 Å². The second-order valence-electron chi connectivity index (χ2n) is 9.14. The average Bonchev–Trinajstić information content (AvgIpc) is 2.79. The fraction of sp³-hybridized carbons (Fsp3) is 0.346. The molecule has 0 bridgehead atoms. The lowest BCUT2D eigenvalue weighted by atomic mass is 9.73. The first kappa shape index (κ1) is 23.8. The number of nitrogens with one attached hydrogen (secondary N) is 1. The molecule has 2 aromatic heterocycles. The molecule has 34 heavy (non-hydrogen) atoms. The summed E-state index contributed by atoms with van der Waals surface area (Å²) >= 11 is 0. The molecule has 5 N–H and O–H groups in total. The number of pyridine rings is 2. The highest BCUT2D eigenvalue weighted by Crippen LogP contribution is 2.41. The van der Waals surface area contributed by atoms with E-state index in [1.54, 1.807) is 19.3 Å². The molecule has 1 saturated carbocycles. The minimum absolute atomic E-state index is 0.00669. The zero-order valence-corrected chi connectivity index (χ0v) is 19.3. The van der Waals surface area contributed by atoms with Gasteiger partial charge in [-0.2, -0.15) is 0 Å². The van der Waals surface area contributed by atoms with Gasteiger partial charge in [-0.1, -0.05) is 6.07 Å². The molecule has 0 aliphatic heterocycles. The fourth-order valence-corrected chi connectivity index (χ4v) is 5.21. The lowest BCUT2D eigenvalue weighted by Gasteiger charge is -2.34. The highest BCUT2D eigenvalue weighted by Gasteiger charge is 2.31. The van der Waals surface area contributed by atoms with Gasteiger partial charge in [-0.15, -0.1) is 0 Å². The molecule has 0 amide bonds. The van der Waals surface area contributed by atoms with Gasteiger partial charge in [0.2, 0.25) is 0 Å². The second kappa shape index (κ2) is 9.85. The molecule has 6 nitrogen and oxygen atoms in total. The Labute approximate surface area is 197 Å². The van der Waals surface area contributed by atoms with Crippen molar-refractivity contribution in [2.75, 3.05) is 18.1 Å². The van der Waals surface area contributed by atoms with Crippen molar-refractivity contribution in [1.82, 2.24) is 9.97 Å². The number of carbonyl (C=O) groups is 1. The highest BCUT2D eigenvalue weighted by atomic mass is 19.1. The number of anilines is 2. The van der Waals surface area contributed by atoms with Crippen molar-refractivity contribution in [2.45, 2.75) is 44.6 Å². The Kier molecular flexibility index (Phi) is 6.88. The van der Waals surface area contributed by atoms with Crippen molar-refractivity contribution in [3.63, 3.8) is 0 Å². The summed E-state index contributed by atoms with van der Waals surface area (Å²) in [6.45, 7) is 1.80. The molecule has 0 radical (unpaired) electrons. The molecule has 1 aliphatic carbocycles. The van der Waals surface area contributed by atoms with E-state index in [1.807, 2.05) is 19.2 Å². The number of hydrogen-bond acceptors (Lipinski definition) is 6. The first-order valence-electron chi connectivity index (χ1n) is 11.4. The molecule has 3 unspecified atom stereocenters. The minimum Gasteiger partial charge on any atom is -0.397 e. The van der Waals surface area contributed by atoms with Gasteiger partial charge in [-0.25, -0.2) is 13.8 Å². The third kappa shape index (κ3) is 4.77. The van der Waals surface area contributed by atoms with Crippen LogP contribution in [0.3, 0.4) is 0 Å². The van der Waals surface area contributed by atoms with Crippen LogP contribution >= 0.6 is 0 Å². The van der Waals surface area contributed by atoms with Crippen LogP contribution in [0, 0.1) is 24.5 Å². The molecule has 4 rings (SSSR count). The Morgan fingerprint density at radius 2 is 1.97 bits per heavy atom. The number of halogens is 2. The number of aromatic nitrogens is 2. The van der Waals surface area contributed by atoms with Crippen molar-refractivity contribution in [3.05, 3.63) is 70.7 Å². The maximum absolute atomic E-state index is 15.2. The van der Waals surface area contributed by atoms with E-state index in [9.17, 15) is 9.18 Å². The lowest BCUT2D eigenvalue weighted by molar-refractivity contribution is 0.112. The monoisotopic (exact) mass is 465 g/mol. The van der Waals surface area contributed by atoms with Crippen LogP contribution in [0.4, 0.5) is 20.2 Å². The van der Waals surface area contributed by atoms with Gasteiger partial charge in [0.1, 0.15) is 17.2 Å². The minimum atomic E-state index is -0.763. The van der Waals surface area contributed by atoms with E-state index in [-0.39, 0.29) is 40.5 Å². The zero-order valence-electron chi connectivity index (χ0n) is 19.3. The molecule has 0 spiro atoms. The van der Waals surface area contributed by atoms with Gasteiger partial charge in [0.25, 0.3) is 0 Å². The Bertz CT molecular complexity index is 1220. The maximum atomic E-state index is 15.2. The first-order valence-corrected chi connectivity index (χ1v) is 11.4. The Morgan fingerprint density at radius 1 is 1.18 bits per heavy atom. The maximum Gasteiger partial charge on any atom is 0.170 e. The number of nitrogens with zero attached hydrogens (tertiary/aromatic N) is 2. The van der Waals surface area contributed by atoms with Crippen molar-refractivity contribution < 1.29 is 13.6 Å². The van der Waals surface area contributed by atoms with Crippen molar-refractivity contribution in [1.29, 1.82) is 0 Å². The smallest absolute Gasteiger partial charge is 0.170 e. The second-order valence-corrected chi connectivity index (χ2v) is 9.14. The van der Waals surface area contributed by atoms with Gasteiger partial charge >= 0.3 is 0 Å². The standard InChI is InChI=1S/C26H29F2N5O/c1-14-5-17(25(20(27)6-14)26-21(28)11-22(30)24(13-34)33-26)8-15-7-16(10-18(29)9-15)19-3-4-32-12-23(19)31-2/h3-6,11-13,15-16,18,31H,7-10,29-30H2,1-2H3. The highest BCUT2D eigenvalue weighted by molar-refractivity contribution is 5.82. The normalized spacial score (nSPS) is 20.2. The summed E-state index contributed by atoms with van der Waals surface area (Å²) in [4.78, 5) is 19.6. The molecular formula is C26H29F2N5O. The predicted octanol–water partition coefficient (Wildman–Crippen LogP) is 4.62. The van der Waals surface area contributed by atoms with Crippen molar-refractivity contribution in [3.8, 4) is 11.3 Å². The molecule has 1 fully saturated rings. The Morgan fingerprint density at radius 3 is 2.71 bits per heavy atom. The van der Waals surface area contributed by atoms with E-state index < -0.39 is 11.6 Å². The quantitative estimate of drug-likeness (QED) is 0.459. The van der Waals surface area contributed by atoms with Crippen LogP contribution in [0.25, 0.3) is 11.3 Å². The Hall–Kier alpha value is -3.39. The van der Waals surface area contributed by atoms with Gasteiger partial charge in [0.05, 0.1) is 17.6 Å². The van der Waals surface area contributed by atoms with E-state index >= 15 is 4.39 Å². The fourth-order valence-electron chi connectivity index (χ4n) is 5.21. The molecule has 8 heteroatoms. The summed E-state index contributed by atoms with van der Waals surface area (Å²) < 4.78 is 30.1. The number of benzene rings is 1. The topological polar surface area (TPSA) is 107 Å². The SMILES string of the molecule is CNc1cnccc1C1CC(N)CC(Cc2cc(C)cc(F)c2-c2nc(C=O)c(N)cc2F)C1. The van der Waals surface area contributed by atoms with E-state index in [4.69, 9.17) is 11.5 Å². The summed E-state index contributed by atoms with van der Waals surface area (Å²) in [5.41, 5.74) is 15.3. The number of nitrogen functional groups attached to an aromatic ring is 1. The van der Waals surface area contributed by atoms with Crippen LogP contribution in [0.5, 0.6) is 0 Å². The van der Waals surface area contributed by atoms with Crippen LogP contribution in [0.2, 0.25) is 0 Å². The number of aryl methyl sites for hydroxylation is 1. The van der Waals surface area contributed by atoms with E-state index in [2.05, 4.69) is 15.3 Å². The van der Waals surface area contributed by atoms with Gasteiger partial charge in [-0.05, 0) is 73.3 Å². The van der Waals surface area contributed by atoms with Crippen molar-refractivity contribution >= 4 is 17.7 Å². The summed E-state index contributed by atoms with van der Waals surface area (Å²) in [5, 5.41) is 3.20. The molecular weight excluding hydrogens is 436 g/mol. The molecule has 1 aliphatic rings. The first-order chi connectivity index (χ1) is 16.3. The van der Waals surface area contributed by atoms with Gasteiger partial charge < -0.3 is 16.8 Å². The summed E-state index contributed by atoms with van der Waals surface area (Å²) in [7, 11) is 1.87. The summed E-state index contributed by atoms with van der Waals surface area (Å²) in [6, 6.07) is 6.23. The average molecular weight is 466 g/mol. The molecule has 2 heterocycles. The molecule has 0 saturated heterocycles. The number of hydrogen-bond donors (Lipinski definition) is 3. The largest absolute Gasteiger partial charge is 0.397 e. The molecule has 178 valence electrons. The van der Waals surface area contributed by atoms with Crippen LogP contribution < -0.4 is 16.8 Å². The molecule has 1 aromatic carbocycles. The van der Waals surface area contributed by atoms with Crippen LogP contribution in [-0.2, 0) is 6.42 Å². The van der Waals surface area contributed by atoms with E-state index in [0.717, 1.165) is 42.1 Å². The molecule has 3 aromatic rings. The van der Waals surface area contributed by atoms with E-state index in [0.29, 0.717) is 18.3 Å². The Balaban J connectivity index is 1.71. The van der Waals surface area contributed by atoms with Crippen LogP contribution in [-0.4, -0.2) is 29.3 Å². The van der Waals surface area contributed by atoms with Gasteiger partial charge in [-0.3, -0.25) is 9.78 Å². The van der Waals surface area contributed by atoms with Crippen LogP contribution in [0.1, 0.15) is 52.4 Å².